The lowest BCUT2D eigenvalue weighted by Crippen LogP contribution is -2.28. The number of benzene rings is 1. The van der Waals surface area contributed by atoms with Gasteiger partial charge >= 0.3 is 0 Å². The molecule has 1 aliphatic rings. The van der Waals surface area contributed by atoms with Gasteiger partial charge in [-0.25, -0.2) is 4.39 Å². The minimum Gasteiger partial charge on any atom is -0.293 e. The van der Waals surface area contributed by atoms with Crippen molar-refractivity contribution in [1.29, 1.82) is 0 Å². The van der Waals surface area contributed by atoms with Crippen LogP contribution < -0.4 is 0 Å². The van der Waals surface area contributed by atoms with Gasteiger partial charge in [-0.3, -0.25) is 9.69 Å². The Hall–Kier alpha value is -1.20. The molecule has 0 aromatic heterocycles. The van der Waals surface area contributed by atoms with Crippen molar-refractivity contribution in [2.24, 2.45) is 0 Å². The highest BCUT2D eigenvalue weighted by atomic mass is 32.2. The smallest absolute Gasteiger partial charge is 0.266 e. The van der Waals surface area contributed by atoms with Crippen LogP contribution in [0, 0.1) is 5.82 Å². The molecule has 1 aromatic rings. The van der Waals surface area contributed by atoms with Crippen molar-refractivity contribution in [3.63, 3.8) is 0 Å². The maximum atomic E-state index is 12.9. The molecule has 1 heterocycles. The highest BCUT2D eigenvalue weighted by molar-refractivity contribution is 8.26. The molecule has 0 atom stereocenters. The van der Waals surface area contributed by atoms with Gasteiger partial charge in [0, 0.05) is 6.54 Å². The number of carbonyl (C=O) groups excluding carboxylic acids is 1. The van der Waals surface area contributed by atoms with Crippen LogP contribution in [0.4, 0.5) is 4.39 Å². The molecule has 1 amide bonds. The number of nitrogens with zero attached hydrogens (tertiary/aromatic N) is 1. The van der Waals surface area contributed by atoms with E-state index in [0.717, 1.165) is 18.4 Å². The fraction of sp³-hybridized carbons (Fsp3) is 0.375. The Morgan fingerprint density at radius 2 is 1.95 bits per heavy atom. The third-order valence-corrected chi connectivity index (χ3v) is 4.65. The molecule has 0 aliphatic carbocycles. The Morgan fingerprint density at radius 3 is 2.62 bits per heavy atom. The van der Waals surface area contributed by atoms with Gasteiger partial charge in [0.1, 0.15) is 10.1 Å². The zero-order valence-corrected chi connectivity index (χ0v) is 13.6. The maximum absolute atomic E-state index is 12.9. The summed E-state index contributed by atoms with van der Waals surface area (Å²) in [6.45, 7) is 2.84. The second-order valence-corrected chi connectivity index (χ2v) is 6.62. The Morgan fingerprint density at radius 1 is 1.24 bits per heavy atom. The first-order valence-electron chi connectivity index (χ1n) is 7.12. The Kier molecular flexibility index (Phi) is 5.94. The minimum absolute atomic E-state index is 0.0363. The Labute approximate surface area is 134 Å². The van der Waals surface area contributed by atoms with E-state index in [1.807, 2.05) is 0 Å². The molecular weight excluding hydrogens is 305 g/mol. The van der Waals surface area contributed by atoms with Gasteiger partial charge in [0.15, 0.2) is 0 Å². The van der Waals surface area contributed by atoms with Crippen LogP contribution in [0.2, 0.25) is 0 Å². The number of amides is 1. The number of carbonyl (C=O) groups is 1. The van der Waals surface area contributed by atoms with Crippen LogP contribution in [0.5, 0.6) is 0 Å². The van der Waals surface area contributed by atoms with Gasteiger partial charge in [0.25, 0.3) is 5.91 Å². The third kappa shape index (κ3) is 4.38. The van der Waals surface area contributed by atoms with Crippen molar-refractivity contribution in [3.8, 4) is 0 Å². The molecule has 1 saturated heterocycles. The monoisotopic (exact) mass is 323 g/mol. The number of hydrogen-bond acceptors (Lipinski definition) is 3. The number of rotatable bonds is 6. The standard InChI is InChI=1S/C16H18FNOS2/c1-2-3-4-5-10-18-15(19)14(21-16(18)20)11-12-6-8-13(17)9-7-12/h6-9,11H,2-5,10H2,1H3. The summed E-state index contributed by atoms with van der Waals surface area (Å²) in [7, 11) is 0. The summed E-state index contributed by atoms with van der Waals surface area (Å²) in [5.74, 6) is -0.318. The van der Waals surface area contributed by atoms with Gasteiger partial charge in [-0.05, 0) is 30.2 Å². The van der Waals surface area contributed by atoms with Crippen LogP contribution in [0.1, 0.15) is 38.2 Å². The summed E-state index contributed by atoms with van der Waals surface area (Å²) in [5.41, 5.74) is 0.808. The van der Waals surface area contributed by atoms with Gasteiger partial charge in [0.05, 0.1) is 4.91 Å². The summed E-state index contributed by atoms with van der Waals surface area (Å²) < 4.78 is 13.5. The van der Waals surface area contributed by atoms with Crippen LogP contribution in [0.25, 0.3) is 6.08 Å². The SMILES string of the molecule is CCCCCCN1C(=O)C(=Cc2ccc(F)cc2)SC1=S. The van der Waals surface area contributed by atoms with Crippen molar-refractivity contribution in [2.45, 2.75) is 32.6 Å². The summed E-state index contributed by atoms with van der Waals surface area (Å²) in [4.78, 5) is 14.6. The molecule has 1 aromatic carbocycles. The second kappa shape index (κ2) is 7.71. The quantitative estimate of drug-likeness (QED) is 0.433. The highest BCUT2D eigenvalue weighted by Gasteiger charge is 2.31. The van der Waals surface area contributed by atoms with E-state index in [2.05, 4.69) is 6.92 Å². The summed E-state index contributed by atoms with van der Waals surface area (Å²) in [6, 6.07) is 6.08. The fourth-order valence-electron chi connectivity index (χ4n) is 2.10. The van der Waals surface area contributed by atoms with Gasteiger partial charge < -0.3 is 0 Å². The Bertz CT molecular complexity index is 554. The molecule has 2 rings (SSSR count). The van der Waals surface area contributed by atoms with Crippen LogP contribution in [0.15, 0.2) is 29.2 Å². The molecule has 2 nitrogen and oxygen atoms in total. The molecule has 1 fully saturated rings. The maximum Gasteiger partial charge on any atom is 0.266 e. The van der Waals surface area contributed by atoms with E-state index >= 15 is 0 Å². The first kappa shape index (κ1) is 16.2. The van der Waals surface area contributed by atoms with E-state index in [0.29, 0.717) is 15.8 Å². The van der Waals surface area contributed by atoms with Crippen molar-refractivity contribution in [2.75, 3.05) is 6.54 Å². The number of hydrogen-bond donors (Lipinski definition) is 0. The van der Waals surface area contributed by atoms with Crippen LogP contribution in [-0.2, 0) is 4.79 Å². The molecule has 0 spiro atoms. The number of thioether (sulfide) groups is 1. The molecule has 21 heavy (non-hydrogen) atoms. The van der Waals surface area contributed by atoms with Gasteiger partial charge in [-0.2, -0.15) is 0 Å². The average Bonchev–Trinajstić information content (AvgIpc) is 2.73. The van der Waals surface area contributed by atoms with Crippen LogP contribution >= 0.6 is 24.0 Å². The largest absolute Gasteiger partial charge is 0.293 e. The molecule has 0 bridgehead atoms. The van der Waals surface area contributed by atoms with Crippen molar-refractivity contribution in [1.82, 2.24) is 4.90 Å². The lowest BCUT2D eigenvalue weighted by Gasteiger charge is -2.13. The zero-order valence-electron chi connectivity index (χ0n) is 12.0. The van der Waals surface area contributed by atoms with Crippen LogP contribution in [0.3, 0.4) is 0 Å². The summed E-state index contributed by atoms with van der Waals surface area (Å²) in [5, 5.41) is 0. The van der Waals surface area contributed by atoms with Crippen LogP contribution in [-0.4, -0.2) is 21.7 Å². The minimum atomic E-state index is -0.282. The summed E-state index contributed by atoms with van der Waals surface area (Å²) >= 11 is 6.60. The summed E-state index contributed by atoms with van der Waals surface area (Å²) in [6.07, 6.45) is 6.21. The van der Waals surface area contributed by atoms with E-state index in [4.69, 9.17) is 12.2 Å². The fourth-order valence-corrected chi connectivity index (χ4v) is 3.41. The van der Waals surface area contributed by atoms with E-state index in [1.54, 1.807) is 23.1 Å². The van der Waals surface area contributed by atoms with Gasteiger partial charge in [0.2, 0.25) is 0 Å². The topological polar surface area (TPSA) is 20.3 Å². The predicted octanol–water partition coefficient (Wildman–Crippen LogP) is 4.61. The third-order valence-electron chi connectivity index (χ3n) is 3.28. The van der Waals surface area contributed by atoms with E-state index in [1.165, 1.54) is 36.7 Å². The molecule has 112 valence electrons. The Balaban J connectivity index is 2.01. The highest BCUT2D eigenvalue weighted by Crippen LogP contribution is 2.32. The molecule has 5 heteroatoms. The van der Waals surface area contributed by atoms with E-state index in [-0.39, 0.29) is 11.7 Å². The predicted molar refractivity (Wildman–Crippen MR) is 90.4 cm³/mol. The first-order chi connectivity index (χ1) is 10.1. The number of halogens is 1. The molecule has 0 radical (unpaired) electrons. The van der Waals surface area contributed by atoms with E-state index < -0.39 is 0 Å². The van der Waals surface area contributed by atoms with Crippen molar-refractivity contribution >= 4 is 40.3 Å². The molecular formula is C16H18FNOS2. The average molecular weight is 323 g/mol. The molecule has 0 saturated carbocycles. The van der Waals surface area contributed by atoms with E-state index in [9.17, 15) is 9.18 Å². The zero-order chi connectivity index (χ0) is 15.2. The normalized spacial score (nSPS) is 17.0. The van der Waals surface area contributed by atoms with Gasteiger partial charge in [-0.15, -0.1) is 0 Å². The van der Waals surface area contributed by atoms with Crippen molar-refractivity contribution in [3.05, 3.63) is 40.6 Å². The molecule has 0 unspecified atom stereocenters. The molecule has 0 N–H and O–H groups in total. The lowest BCUT2D eigenvalue weighted by molar-refractivity contribution is -0.122. The lowest BCUT2D eigenvalue weighted by atomic mass is 10.2. The van der Waals surface area contributed by atoms with Crippen molar-refractivity contribution < 1.29 is 9.18 Å². The number of unbranched alkanes of at least 4 members (excludes halogenated alkanes) is 3. The van der Waals surface area contributed by atoms with Gasteiger partial charge in [-0.1, -0.05) is 62.3 Å². The number of thiocarbonyl (C=S) groups is 1. The molecule has 1 aliphatic heterocycles. The first-order valence-corrected chi connectivity index (χ1v) is 8.35. The second-order valence-electron chi connectivity index (χ2n) is 4.95.